The summed E-state index contributed by atoms with van der Waals surface area (Å²) in [5.41, 5.74) is 2.87. The fourth-order valence-corrected chi connectivity index (χ4v) is 3.96. The van der Waals surface area contributed by atoms with Crippen LogP contribution in [-0.4, -0.2) is 15.8 Å². The summed E-state index contributed by atoms with van der Waals surface area (Å²) in [6.45, 7) is 4.58. The second-order valence-corrected chi connectivity index (χ2v) is 8.69. The summed E-state index contributed by atoms with van der Waals surface area (Å²) in [7, 11) is 0. The number of Topliss-reactive ketones (excluding diaryl/α,β-unsaturated/α-hetero) is 1. The quantitative estimate of drug-likeness (QED) is 0.477. The van der Waals surface area contributed by atoms with Gasteiger partial charge in [-0.1, -0.05) is 67.5 Å². The van der Waals surface area contributed by atoms with E-state index in [-0.39, 0.29) is 16.4 Å². The molecule has 0 fully saturated rings. The summed E-state index contributed by atoms with van der Waals surface area (Å²) in [6.07, 6.45) is 2.77. The van der Waals surface area contributed by atoms with Crippen LogP contribution in [0.4, 0.5) is 5.69 Å². The van der Waals surface area contributed by atoms with Gasteiger partial charge in [-0.3, -0.25) is 4.79 Å². The lowest BCUT2D eigenvalue weighted by atomic mass is 9.75. The fourth-order valence-electron chi connectivity index (χ4n) is 3.24. The molecule has 2 aromatic rings. The summed E-state index contributed by atoms with van der Waals surface area (Å²) in [5.74, 6) is 0.0334. The van der Waals surface area contributed by atoms with Gasteiger partial charge in [0, 0.05) is 30.5 Å². The van der Waals surface area contributed by atoms with Crippen LogP contribution in [0, 0.1) is 5.41 Å². The summed E-state index contributed by atoms with van der Waals surface area (Å²) in [4.78, 5) is 17.3. The van der Waals surface area contributed by atoms with Crippen LogP contribution in [0.5, 0.6) is 0 Å². The summed E-state index contributed by atoms with van der Waals surface area (Å²) in [6, 6.07) is 11.4. The molecule has 0 radical (unpaired) electrons. The van der Waals surface area contributed by atoms with Gasteiger partial charge in [0.25, 0.3) is 0 Å². The molecule has 3 rings (SSSR count). The predicted octanol–water partition coefficient (Wildman–Crippen LogP) is 5.56. The molecule has 28 heavy (non-hydrogen) atoms. The van der Waals surface area contributed by atoms with E-state index in [0.717, 1.165) is 16.9 Å². The average molecular weight is 434 g/mol. The van der Waals surface area contributed by atoms with Crippen molar-refractivity contribution in [2.24, 2.45) is 5.41 Å². The Morgan fingerprint density at radius 3 is 2.61 bits per heavy atom. The minimum Gasteiger partial charge on any atom is -0.384 e. The van der Waals surface area contributed by atoms with E-state index in [9.17, 15) is 4.79 Å². The Morgan fingerprint density at radius 2 is 1.89 bits per heavy atom. The molecule has 1 heterocycles. The number of allylic oxidation sites excluding steroid dienone is 1. The lowest BCUT2D eigenvalue weighted by Gasteiger charge is -2.33. The number of para-hydroxylation sites is 1. The highest BCUT2D eigenvalue weighted by Gasteiger charge is 2.34. The highest BCUT2D eigenvalue weighted by molar-refractivity contribution is 7.81. The van der Waals surface area contributed by atoms with Crippen LogP contribution in [-0.2, 0) is 11.3 Å². The molecule has 0 aliphatic heterocycles. The molecule has 0 unspecified atom stereocenters. The van der Waals surface area contributed by atoms with Gasteiger partial charge < -0.3 is 10.6 Å². The molecule has 0 amide bonds. The molecule has 146 valence electrons. The van der Waals surface area contributed by atoms with Crippen molar-refractivity contribution in [3.63, 3.8) is 0 Å². The maximum atomic E-state index is 12.9. The first-order valence-electron chi connectivity index (χ1n) is 8.92. The van der Waals surface area contributed by atoms with Gasteiger partial charge in [-0.2, -0.15) is 0 Å². The maximum absolute atomic E-state index is 12.9. The highest BCUT2D eigenvalue weighted by Crippen LogP contribution is 2.37. The largest absolute Gasteiger partial charge is 0.384 e. The number of carbonyl (C=O) groups excluding carboxylic acids is 1. The first kappa shape index (κ1) is 20.8. The number of benzene rings is 1. The Hall–Kier alpha value is -1.95. The number of pyridine rings is 1. The minimum atomic E-state index is -0.148. The molecular weight excluding hydrogens is 413 g/mol. The number of rotatable bonds is 5. The van der Waals surface area contributed by atoms with Crippen LogP contribution in [0.15, 0.2) is 53.9 Å². The molecule has 4 nitrogen and oxygen atoms in total. The first-order valence-corrected chi connectivity index (χ1v) is 10.1. The number of ketones is 1. The lowest BCUT2D eigenvalue weighted by molar-refractivity contribution is -0.117. The molecule has 0 saturated heterocycles. The number of hydrogen-bond acceptors (Lipinski definition) is 4. The predicted molar refractivity (Wildman–Crippen MR) is 119 cm³/mol. The van der Waals surface area contributed by atoms with Crippen LogP contribution < -0.4 is 10.6 Å². The standard InChI is InChI=1S/C21H21Cl2N3OS/c1-21(2)10-15(25-12-13-8-9-24-19(23)18(13)22)17(16(27)11-21)20(28)26-14-6-4-3-5-7-14/h3-9,25H,10-12H2,1-2H3,(H,26,28). The summed E-state index contributed by atoms with van der Waals surface area (Å²) >= 11 is 17.8. The average Bonchev–Trinajstić information content (AvgIpc) is 2.62. The number of thiocarbonyl (C=S) groups is 1. The van der Waals surface area contributed by atoms with Crippen molar-refractivity contribution >= 4 is 51.9 Å². The number of nitrogens with one attached hydrogen (secondary N) is 2. The lowest BCUT2D eigenvalue weighted by Crippen LogP contribution is -2.35. The van der Waals surface area contributed by atoms with Crippen molar-refractivity contribution in [2.45, 2.75) is 33.2 Å². The second kappa shape index (κ2) is 8.60. The molecule has 1 aliphatic rings. The molecule has 0 bridgehead atoms. The van der Waals surface area contributed by atoms with E-state index in [1.165, 1.54) is 0 Å². The van der Waals surface area contributed by atoms with Gasteiger partial charge in [0.1, 0.15) is 10.1 Å². The van der Waals surface area contributed by atoms with E-state index in [0.29, 0.717) is 35.0 Å². The third-order valence-corrected chi connectivity index (χ3v) is 5.66. The van der Waals surface area contributed by atoms with Gasteiger partial charge >= 0.3 is 0 Å². The van der Waals surface area contributed by atoms with E-state index < -0.39 is 0 Å². The molecule has 0 atom stereocenters. The van der Waals surface area contributed by atoms with Crippen molar-refractivity contribution in [2.75, 3.05) is 5.32 Å². The van der Waals surface area contributed by atoms with E-state index in [1.54, 1.807) is 12.3 Å². The zero-order chi connectivity index (χ0) is 20.3. The number of aromatic nitrogens is 1. The Morgan fingerprint density at radius 1 is 1.18 bits per heavy atom. The Bertz CT molecular complexity index is 942. The molecule has 0 saturated carbocycles. The summed E-state index contributed by atoms with van der Waals surface area (Å²) < 4.78 is 0. The van der Waals surface area contributed by atoms with Gasteiger partial charge in [-0.25, -0.2) is 4.98 Å². The molecule has 1 aromatic heterocycles. The van der Waals surface area contributed by atoms with Crippen molar-refractivity contribution in [1.82, 2.24) is 10.3 Å². The topological polar surface area (TPSA) is 54.0 Å². The number of nitrogens with zero attached hydrogens (tertiary/aromatic N) is 1. The van der Waals surface area contributed by atoms with Crippen molar-refractivity contribution in [3.05, 3.63) is 69.6 Å². The molecule has 0 spiro atoms. The molecule has 1 aromatic carbocycles. The van der Waals surface area contributed by atoms with Gasteiger partial charge in [0.15, 0.2) is 5.78 Å². The van der Waals surface area contributed by atoms with Crippen molar-refractivity contribution in [1.29, 1.82) is 0 Å². The van der Waals surface area contributed by atoms with Crippen LogP contribution in [0.2, 0.25) is 10.2 Å². The number of anilines is 1. The van der Waals surface area contributed by atoms with Crippen LogP contribution in [0.25, 0.3) is 0 Å². The van der Waals surface area contributed by atoms with Crippen molar-refractivity contribution < 1.29 is 4.79 Å². The van der Waals surface area contributed by atoms with Gasteiger partial charge in [-0.05, 0) is 35.6 Å². The smallest absolute Gasteiger partial charge is 0.168 e. The van der Waals surface area contributed by atoms with Gasteiger partial charge in [0.2, 0.25) is 0 Å². The Balaban J connectivity index is 1.88. The molecular formula is C21H21Cl2N3OS. The van der Waals surface area contributed by atoms with E-state index >= 15 is 0 Å². The zero-order valence-corrected chi connectivity index (χ0v) is 18.0. The van der Waals surface area contributed by atoms with Crippen LogP contribution in [0.1, 0.15) is 32.3 Å². The third-order valence-electron chi connectivity index (χ3n) is 4.55. The SMILES string of the molecule is CC1(C)CC(=O)C(C(=S)Nc2ccccc2)=C(NCc2ccnc(Cl)c2Cl)C1. The fraction of sp³-hybridized carbons (Fsp3) is 0.286. The number of halogens is 2. The number of hydrogen-bond donors (Lipinski definition) is 2. The first-order chi connectivity index (χ1) is 13.3. The van der Waals surface area contributed by atoms with Crippen LogP contribution >= 0.6 is 35.4 Å². The number of carbonyl (C=O) groups is 1. The second-order valence-electron chi connectivity index (χ2n) is 7.54. The monoisotopic (exact) mass is 433 g/mol. The molecule has 1 aliphatic carbocycles. The Labute approximate surface area is 180 Å². The van der Waals surface area contributed by atoms with E-state index in [2.05, 4.69) is 29.5 Å². The van der Waals surface area contributed by atoms with E-state index in [4.69, 9.17) is 35.4 Å². The van der Waals surface area contributed by atoms with E-state index in [1.807, 2.05) is 30.3 Å². The zero-order valence-electron chi connectivity index (χ0n) is 15.7. The third kappa shape index (κ3) is 4.90. The van der Waals surface area contributed by atoms with Gasteiger partial charge in [0.05, 0.1) is 10.6 Å². The summed E-state index contributed by atoms with van der Waals surface area (Å²) in [5, 5.41) is 7.21. The normalized spacial score (nSPS) is 16.1. The molecule has 2 N–H and O–H groups in total. The Kier molecular flexibility index (Phi) is 6.38. The van der Waals surface area contributed by atoms with Crippen molar-refractivity contribution in [3.8, 4) is 0 Å². The maximum Gasteiger partial charge on any atom is 0.168 e. The highest BCUT2D eigenvalue weighted by atomic mass is 35.5. The van der Waals surface area contributed by atoms with Crippen LogP contribution in [0.3, 0.4) is 0 Å². The molecule has 7 heteroatoms. The van der Waals surface area contributed by atoms with Gasteiger partial charge in [-0.15, -0.1) is 0 Å². The minimum absolute atomic E-state index is 0.0334.